The second kappa shape index (κ2) is 5.07. The molecule has 0 saturated heterocycles. The number of nitrogens with one attached hydrogen (secondary N) is 1. The van der Waals surface area contributed by atoms with Gasteiger partial charge in [-0.05, 0) is 20.8 Å². The van der Waals surface area contributed by atoms with Crippen molar-refractivity contribution in [2.75, 3.05) is 0 Å². The number of carboxylic acids is 1. The first-order valence-electron chi connectivity index (χ1n) is 5.41. The molecular weight excluding hydrogens is 238 g/mol. The molecule has 0 aromatic carbocycles. The first kappa shape index (κ1) is 14.0. The average Bonchev–Trinajstić information content (AvgIpc) is 2.54. The average molecular weight is 255 g/mol. The SMILES string of the molecule is Cn1ncc(CNC(=O)OC(C)(C)C)c1C(=O)O. The molecule has 7 nitrogen and oxygen atoms in total. The minimum absolute atomic E-state index is 0.0473. The Morgan fingerprint density at radius 2 is 2.11 bits per heavy atom. The Balaban J connectivity index is 2.65. The van der Waals surface area contributed by atoms with Crippen LogP contribution in [0.25, 0.3) is 0 Å². The van der Waals surface area contributed by atoms with Crippen LogP contribution in [0.3, 0.4) is 0 Å². The number of carboxylic acid groups (broad SMARTS) is 1. The Bertz CT molecular complexity index is 459. The molecule has 7 heteroatoms. The lowest BCUT2D eigenvalue weighted by Crippen LogP contribution is -2.32. The van der Waals surface area contributed by atoms with E-state index in [1.807, 2.05) is 0 Å². The summed E-state index contributed by atoms with van der Waals surface area (Å²) >= 11 is 0. The molecule has 0 atom stereocenters. The molecule has 0 spiro atoms. The summed E-state index contributed by atoms with van der Waals surface area (Å²) in [6.45, 7) is 5.31. The van der Waals surface area contributed by atoms with Crippen LogP contribution in [0, 0.1) is 0 Å². The van der Waals surface area contributed by atoms with Gasteiger partial charge in [-0.3, -0.25) is 4.68 Å². The van der Waals surface area contributed by atoms with Gasteiger partial charge in [0.25, 0.3) is 0 Å². The molecule has 1 rings (SSSR count). The Morgan fingerprint density at radius 3 is 2.61 bits per heavy atom. The zero-order chi connectivity index (χ0) is 13.9. The van der Waals surface area contributed by atoms with Crippen molar-refractivity contribution in [1.82, 2.24) is 15.1 Å². The van der Waals surface area contributed by atoms with Crippen LogP contribution in [-0.4, -0.2) is 32.6 Å². The van der Waals surface area contributed by atoms with E-state index in [4.69, 9.17) is 9.84 Å². The number of aromatic nitrogens is 2. The fourth-order valence-corrected chi connectivity index (χ4v) is 1.37. The molecule has 0 radical (unpaired) electrons. The fraction of sp³-hybridized carbons (Fsp3) is 0.545. The van der Waals surface area contributed by atoms with Gasteiger partial charge in [0.2, 0.25) is 0 Å². The number of hydrogen-bond donors (Lipinski definition) is 2. The maximum atomic E-state index is 11.4. The number of alkyl carbamates (subject to hydrolysis) is 1. The summed E-state index contributed by atoms with van der Waals surface area (Å²) in [5, 5.41) is 15.3. The number of aryl methyl sites for hydroxylation is 1. The van der Waals surface area contributed by atoms with Crippen LogP contribution in [-0.2, 0) is 18.3 Å². The highest BCUT2D eigenvalue weighted by molar-refractivity contribution is 5.87. The van der Waals surface area contributed by atoms with Crippen LogP contribution < -0.4 is 5.32 Å². The first-order chi connectivity index (χ1) is 8.20. The van der Waals surface area contributed by atoms with Crippen molar-refractivity contribution in [2.45, 2.75) is 32.9 Å². The molecular formula is C11H17N3O4. The van der Waals surface area contributed by atoms with Crippen LogP contribution in [0.4, 0.5) is 4.79 Å². The second-order valence-electron chi connectivity index (χ2n) is 4.80. The topological polar surface area (TPSA) is 93.5 Å². The maximum absolute atomic E-state index is 11.4. The van der Waals surface area contributed by atoms with Crippen LogP contribution in [0.1, 0.15) is 36.8 Å². The van der Waals surface area contributed by atoms with Gasteiger partial charge >= 0.3 is 12.1 Å². The molecule has 1 amide bonds. The van der Waals surface area contributed by atoms with Gasteiger partial charge in [0.1, 0.15) is 5.60 Å². The van der Waals surface area contributed by atoms with Crippen molar-refractivity contribution in [3.63, 3.8) is 0 Å². The van der Waals surface area contributed by atoms with Crippen LogP contribution >= 0.6 is 0 Å². The van der Waals surface area contributed by atoms with E-state index in [2.05, 4.69) is 10.4 Å². The molecule has 0 fully saturated rings. The van der Waals surface area contributed by atoms with Gasteiger partial charge in [0.15, 0.2) is 5.69 Å². The molecule has 1 aromatic rings. The summed E-state index contributed by atoms with van der Waals surface area (Å²) < 4.78 is 6.29. The number of amides is 1. The van der Waals surface area contributed by atoms with E-state index in [1.54, 1.807) is 20.8 Å². The van der Waals surface area contributed by atoms with E-state index < -0.39 is 17.7 Å². The second-order valence-corrected chi connectivity index (χ2v) is 4.80. The third-order valence-electron chi connectivity index (χ3n) is 2.04. The quantitative estimate of drug-likeness (QED) is 0.844. The number of carbonyl (C=O) groups is 2. The van der Waals surface area contributed by atoms with Crippen molar-refractivity contribution in [3.8, 4) is 0 Å². The van der Waals surface area contributed by atoms with E-state index in [0.717, 1.165) is 0 Å². The Kier molecular flexibility index (Phi) is 3.95. The largest absolute Gasteiger partial charge is 0.477 e. The molecule has 0 aliphatic heterocycles. The normalized spacial score (nSPS) is 11.1. The van der Waals surface area contributed by atoms with Gasteiger partial charge in [-0.1, -0.05) is 0 Å². The Morgan fingerprint density at radius 1 is 1.50 bits per heavy atom. The van der Waals surface area contributed by atoms with E-state index in [9.17, 15) is 9.59 Å². The number of rotatable bonds is 3. The lowest BCUT2D eigenvalue weighted by molar-refractivity contribution is 0.0520. The van der Waals surface area contributed by atoms with Crippen LogP contribution in [0.2, 0.25) is 0 Å². The van der Waals surface area contributed by atoms with Gasteiger partial charge in [-0.2, -0.15) is 5.10 Å². The molecule has 0 aliphatic carbocycles. The summed E-state index contributed by atoms with van der Waals surface area (Å²) in [7, 11) is 1.53. The number of carbonyl (C=O) groups excluding carboxylic acids is 1. The molecule has 0 saturated carbocycles. The smallest absolute Gasteiger partial charge is 0.407 e. The summed E-state index contributed by atoms with van der Waals surface area (Å²) in [6, 6.07) is 0. The van der Waals surface area contributed by atoms with Gasteiger partial charge in [-0.15, -0.1) is 0 Å². The fourth-order valence-electron chi connectivity index (χ4n) is 1.37. The van der Waals surface area contributed by atoms with Crippen molar-refractivity contribution in [2.24, 2.45) is 7.05 Å². The highest BCUT2D eigenvalue weighted by Gasteiger charge is 2.19. The number of hydrogen-bond acceptors (Lipinski definition) is 4. The standard InChI is InChI=1S/C11H17N3O4/c1-11(2,3)18-10(17)12-5-7-6-13-14(4)8(7)9(15)16/h6H,5H2,1-4H3,(H,12,17)(H,15,16). The maximum Gasteiger partial charge on any atom is 0.407 e. The van der Waals surface area contributed by atoms with E-state index >= 15 is 0 Å². The van der Waals surface area contributed by atoms with E-state index in [1.165, 1.54) is 17.9 Å². The third kappa shape index (κ3) is 3.76. The van der Waals surface area contributed by atoms with Gasteiger partial charge in [0, 0.05) is 12.6 Å². The zero-order valence-corrected chi connectivity index (χ0v) is 10.9. The van der Waals surface area contributed by atoms with Crippen molar-refractivity contribution in [3.05, 3.63) is 17.5 Å². The minimum Gasteiger partial charge on any atom is -0.477 e. The van der Waals surface area contributed by atoms with Crippen molar-refractivity contribution in [1.29, 1.82) is 0 Å². The summed E-state index contributed by atoms with van der Waals surface area (Å²) in [6.07, 6.45) is 0.809. The number of nitrogens with zero attached hydrogens (tertiary/aromatic N) is 2. The van der Waals surface area contributed by atoms with Gasteiger partial charge in [-0.25, -0.2) is 9.59 Å². The third-order valence-corrected chi connectivity index (χ3v) is 2.04. The number of aromatic carboxylic acids is 1. The molecule has 0 bridgehead atoms. The Labute approximate surface area is 105 Å². The minimum atomic E-state index is -1.09. The predicted octanol–water partition coefficient (Wildman–Crippen LogP) is 1.14. The predicted molar refractivity (Wildman–Crippen MR) is 63.2 cm³/mol. The highest BCUT2D eigenvalue weighted by atomic mass is 16.6. The van der Waals surface area contributed by atoms with Crippen LogP contribution in [0.15, 0.2) is 6.20 Å². The molecule has 1 aromatic heterocycles. The molecule has 0 aliphatic rings. The molecule has 1 heterocycles. The molecule has 2 N–H and O–H groups in total. The first-order valence-corrected chi connectivity index (χ1v) is 5.41. The lowest BCUT2D eigenvalue weighted by Gasteiger charge is -2.19. The van der Waals surface area contributed by atoms with Crippen molar-refractivity contribution >= 4 is 12.1 Å². The number of ether oxygens (including phenoxy) is 1. The van der Waals surface area contributed by atoms with Crippen molar-refractivity contribution < 1.29 is 19.4 Å². The summed E-state index contributed by atoms with van der Waals surface area (Å²) in [4.78, 5) is 22.4. The molecule has 100 valence electrons. The monoisotopic (exact) mass is 255 g/mol. The van der Waals surface area contributed by atoms with E-state index in [-0.39, 0.29) is 12.2 Å². The lowest BCUT2D eigenvalue weighted by atomic mass is 10.2. The summed E-state index contributed by atoms with van der Waals surface area (Å²) in [5.41, 5.74) is -0.115. The summed E-state index contributed by atoms with van der Waals surface area (Å²) in [5.74, 6) is -1.09. The van der Waals surface area contributed by atoms with Gasteiger partial charge < -0.3 is 15.2 Å². The zero-order valence-electron chi connectivity index (χ0n) is 10.9. The highest BCUT2D eigenvalue weighted by Crippen LogP contribution is 2.09. The molecule has 0 unspecified atom stereocenters. The van der Waals surface area contributed by atoms with Gasteiger partial charge in [0.05, 0.1) is 12.7 Å². The molecule has 18 heavy (non-hydrogen) atoms. The Hall–Kier alpha value is -2.05. The van der Waals surface area contributed by atoms with Crippen LogP contribution in [0.5, 0.6) is 0 Å². The van der Waals surface area contributed by atoms with E-state index in [0.29, 0.717) is 5.56 Å².